The molecule has 0 spiro atoms. The number of rotatable bonds is 4. The molecule has 0 radical (unpaired) electrons. The lowest BCUT2D eigenvalue weighted by Crippen LogP contribution is -2.31. The number of nitrogens with zero attached hydrogens (tertiary/aromatic N) is 2. The van der Waals surface area contributed by atoms with Crippen molar-refractivity contribution in [3.05, 3.63) is 17.0 Å². The molecule has 0 bridgehead atoms. The number of nitrogens with one attached hydrogen (secondary N) is 1. The van der Waals surface area contributed by atoms with Crippen LogP contribution in [0.4, 0.5) is 0 Å². The van der Waals surface area contributed by atoms with Crippen LogP contribution >= 0.6 is 0 Å². The summed E-state index contributed by atoms with van der Waals surface area (Å²) < 4.78 is 6.35. The molecule has 94 valence electrons. The maximum absolute atomic E-state index is 11.8. The molecule has 17 heavy (non-hydrogen) atoms. The molecular weight excluding hydrogens is 222 g/mol. The molecule has 0 aliphatic carbocycles. The quantitative estimate of drug-likeness (QED) is 0.768. The van der Waals surface area contributed by atoms with Gasteiger partial charge in [0, 0.05) is 12.7 Å². The van der Waals surface area contributed by atoms with Gasteiger partial charge < -0.3 is 10.1 Å². The summed E-state index contributed by atoms with van der Waals surface area (Å²) in [7, 11) is 1.77. The number of aryl methyl sites for hydroxylation is 2. The molecule has 0 aliphatic rings. The van der Waals surface area contributed by atoms with Crippen LogP contribution in [0.5, 0.6) is 0 Å². The third kappa shape index (κ3) is 3.05. The van der Waals surface area contributed by atoms with Gasteiger partial charge >= 0.3 is 5.97 Å². The summed E-state index contributed by atoms with van der Waals surface area (Å²) in [6, 6.07) is 0. The van der Waals surface area contributed by atoms with Crippen LogP contribution in [0, 0.1) is 13.8 Å². The monoisotopic (exact) mass is 239 g/mol. The third-order valence-corrected chi connectivity index (χ3v) is 2.43. The summed E-state index contributed by atoms with van der Waals surface area (Å²) in [5.41, 5.74) is 1.92. The molecule has 1 amide bonds. The van der Waals surface area contributed by atoms with Crippen LogP contribution in [0.3, 0.4) is 0 Å². The van der Waals surface area contributed by atoms with E-state index < -0.39 is 5.97 Å². The number of amides is 1. The van der Waals surface area contributed by atoms with Crippen LogP contribution in [0.15, 0.2) is 0 Å². The van der Waals surface area contributed by atoms with E-state index >= 15 is 0 Å². The molecule has 1 rings (SSSR count). The third-order valence-electron chi connectivity index (χ3n) is 2.43. The summed E-state index contributed by atoms with van der Waals surface area (Å²) in [5.74, 6) is -0.749. The molecule has 1 N–H and O–H groups in total. The zero-order valence-electron chi connectivity index (χ0n) is 10.5. The first-order valence-corrected chi connectivity index (χ1v) is 5.41. The first kappa shape index (κ1) is 13.2. The Labute approximate surface area is 99.9 Å². The van der Waals surface area contributed by atoms with E-state index in [9.17, 15) is 9.59 Å². The molecule has 0 saturated heterocycles. The van der Waals surface area contributed by atoms with Crippen molar-refractivity contribution in [2.75, 3.05) is 13.2 Å². The fourth-order valence-corrected chi connectivity index (χ4v) is 1.56. The average Bonchev–Trinajstić information content (AvgIpc) is 2.50. The molecule has 0 unspecified atom stereocenters. The highest BCUT2D eigenvalue weighted by molar-refractivity contribution is 5.97. The van der Waals surface area contributed by atoms with Gasteiger partial charge in [-0.2, -0.15) is 5.10 Å². The highest BCUT2D eigenvalue weighted by Crippen LogP contribution is 2.11. The van der Waals surface area contributed by atoms with Crippen molar-refractivity contribution in [3.63, 3.8) is 0 Å². The number of hydrogen-bond donors (Lipinski definition) is 1. The first-order chi connectivity index (χ1) is 7.97. The van der Waals surface area contributed by atoms with Crippen LogP contribution in [-0.2, 0) is 16.6 Å². The number of hydrogen-bond acceptors (Lipinski definition) is 4. The highest BCUT2D eigenvalue weighted by atomic mass is 16.5. The molecule has 0 saturated carbocycles. The smallest absolute Gasteiger partial charge is 0.325 e. The van der Waals surface area contributed by atoms with E-state index in [1.54, 1.807) is 32.5 Å². The topological polar surface area (TPSA) is 73.2 Å². The van der Waals surface area contributed by atoms with Gasteiger partial charge in [0.15, 0.2) is 0 Å². The minimum Gasteiger partial charge on any atom is -0.465 e. The van der Waals surface area contributed by atoms with Gasteiger partial charge in [-0.25, -0.2) is 0 Å². The summed E-state index contributed by atoms with van der Waals surface area (Å²) in [6.07, 6.45) is 0. The second-order valence-electron chi connectivity index (χ2n) is 3.66. The largest absolute Gasteiger partial charge is 0.465 e. The Morgan fingerprint density at radius 2 is 2.06 bits per heavy atom. The van der Waals surface area contributed by atoms with E-state index in [0.717, 1.165) is 5.69 Å². The Hall–Kier alpha value is -1.85. The summed E-state index contributed by atoms with van der Waals surface area (Å²) in [5, 5.41) is 6.65. The fourth-order valence-electron chi connectivity index (χ4n) is 1.56. The fraction of sp³-hybridized carbons (Fsp3) is 0.545. The van der Waals surface area contributed by atoms with Crippen LogP contribution in [0.2, 0.25) is 0 Å². The number of esters is 1. The predicted octanol–water partition coefficient (Wildman–Crippen LogP) is 0.330. The van der Waals surface area contributed by atoms with Crippen molar-refractivity contribution in [1.82, 2.24) is 15.1 Å². The van der Waals surface area contributed by atoms with Gasteiger partial charge in [-0.15, -0.1) is 0 Å². The maximum Gasteiger partial charge on any atom is 0.325 e. The number of aromatic nitrogens is 2. The van der Waals surface area contributed by atoms with Gasteiger partial charge in [-0.1, -0.05) is 0 Å². The van der Waals surface area contributed by atoms with Crippen molar-refractivity contribution in [2.45, 2.75) is 20.8 Å². The molecule has 1 aromatic heterocycles. The van der Waals surface area contributed by atoms with E-state index in [4.69, 9.17) is 4.74 Å². The van der Waals surface area contributed by atoms with E-state index in [2.05, 4.69) is 10.4 Å². The van der Waals surface area contributed by atoms with E-state index in [-0.39, 0.29) is 12.5 Å². The average molecular weight is 239 g/mol. The molecule has 0 fully saturated rings. The molecular formula is C11H17N3O3. The Morgan fingerprint density at radius 1 is 1.41 bits per heavy atom. The van der Waals surface area contributed by atoms with Crippen molar-refractivity contribution in [1.29, 1.82) is 0 Å². The first-order valence-electron chi connectivity index (χ1n) is 5.41. The van der Waals surface area contributed by atoms with Crippen molar-refractivity contribution in [3.8, 4) is 0 Å². The number of carbonyl (C=O) groups is 2. The van der Waals surface area contributed by atoms with Gasteiger partial charge in [0.2, 0.25) is 0 Å². The number of ether oxygens (including phenoxy) is 1. The van der Waals surface area contributed by atoms with E-state index in [1.165, 1.54) is 0 Å². The lowest BCUT2D eigenvalue weighted by molar-refractivity contribution is -0.141. The molecule has 1 heterocycles. The molecule has 0 aliphatic heterocycles. The molecule has 0 atom stereocenters. The van der Waals surface area contributed by atoms with Crippen LogP contribution < -0.4 is 5.32 Å². The second-order valence-corrected chi connectivity index (χ2v) is 3.66. The second kappa shape index (κ2) is 5.47. The summed E-state index contributed by atoms with van der Waals surface area (Å²) >= 11 is 0. The van der Waals surface area contributed by atoms with Crippen molar-refractivity contribution in [2.24, 2.45) is 7.05 Å². The van der Waals surface area contributed by atoms with E-state index in [0.29, 0.717) is 17.9 Å². The molecule has 0 aromatic carbocycles. The minimum atomic E-state index is -0.444. The van der Waals surface area contributed by atoms with Gasteiger partial charge in [-0.3, -0.25) is 14.3 Å². The lowest BCUT2D eigenvalue weighted by atomic mass is 10.2. The molecule has 6 heteroatoms. The van der Waals surface area contributed by atoms with Gasteiger partial charge in [-0.05, 0) is 20.8 Å². The standard InChI is InChI=1S/C11H17N3O3/c1-5-17-9(15)6-12-11(16)10-7(2)13-14(4)8(10)3/h5-6H2,1-4H3,(H,12,16). The maximum atomic E-state index is 11.8. The Balaban J connectivity index is 2.67. The number of carbonyl (C=O) groups excluding carboxylic acids is 2. The molecule has 6 nitrogen and oxygen atoms in total. The van der Waals surface area contributed by atoms with Crippen LogP contribution in [0.1, 0.15) is 28.7 Å². The van der Waals surface area contributed by atoms with Crippen molar-refractivity contribution < 1.29 is 14.3 Å². The van der Waals surface area contributed by atoms with Gasteiger partial charge in [0.05, 0.1) is 17.9 Å². The van der Waals surface area contributed by atoms with Gasteiger partial charge in [0.25, 0.3) is 5.91 Å². The van der Waals surface area contributed by atoms with Crippen molar-refractivity contribution >= 4 is 11.9 Å². The Bertz CT molecular complexity index is 437. The van der Waals surface area contributed by atoms with Crippen LogP contribution in [-0.4, -0.2) is 34.8 Å². The predicted molar refractivity (Wildman–Crippen MR) is 61.6 cm³/mol. The van der Waals surface area contributed by atoms with E-state index in [1.807, 2.05) is 0 Å². The Morgan fingerprint density at radius 3 is 2.53 bits per heavy atom. The zero-order chi connectivity index (χ0) is 13.0. The SMILES string of the molecule is CCOC(=O)CNC(=O)c1c(C)nn(C)c1C. The van der Waals surface area contributed by atoms with Gasteiger partial charge in [0.1, 0.15) is 6.54 Å². The normalized spacial score (nSPS) is 10.1. The lowest BCUT2D eigenvalue weighted by Gasteiger charge is -2.05. The Kier molecular flexibility index (Phi) is 4.25. The highest BCUT2D eigenvalue weighted by Gasteiger charge is 2.17. The zero-order valence-corrected chi connectivity index (χ0v) is 10.5. The summed E-state index contributed by atoms with van der Waals surface area (Å²) in [4.78, 5) is 22.9. The van der Waals surface area contributed by atoms with Crippen LogP contribution in [0.25, 0.3) is 0 Å². The summed E-state index contributed by atoms with van der Waals surface area (Å²) in [6.45, 7) is 5.46. The minimum absolute atomic E-state index is 0.125. The molecule has 1 aromatic rings.